The van der Waals surface area contributed by atoms with Gasteiger partial charge in [0, 0.05) is 41.5 Å². The van der Waals surface area contributed by atoms with Crippen molar-refractivity contribution < 1.29 is 18.0 Å². The van der Waals surface area contributed by atoms with Gasteiger partial charge in [-0.3, -0.25) is 4.99 Å². The number of aliphatic imine (C=N–C) groups is 2. The van der Waals surface area contributed by atoms with Crippen LogP contribution in [-0.4, -0.2) is 49.4 Å². The zero-order valence-electron chi connectivity index (χ0n) is 16.7. The van der Waals surface area contributed by atoms with Gasteiger partial charge in [0.05, 0.1) is 31.2 Å². The van der Waals surface area contributed by atoms with Gasteiger partial charge in [0.25, 0.3) is 0 Å². The van der Waals surface area contributed by atoms with Gasteiger partial charge < -0.3 is 15.0 Å². The molecule has 0 bridgehead atoms. The normalized spacial score (nSPS) is 17.6. The maximum atomic E-state index is 6.52. The molecule has 0 amide bonds. The quantitative estimate of drug-likeness (QED) is 0.477. The first kappa shape index (κ1) is 23.6. The average molecular weight is 775 g/mol. The molecule has 1 aromatic heterocycles. The number of nitrogens with one attached hydrogen (secondary N) is 1. The molecule has 0 unspecified atom stereocenters. The molecule has 0 saturated carbocycles. The third-order valence-corrected chi connectivity index (χ3v) is 5.52. The Morgan fingerprint density at radius 1 is 1.16 bits per heavy atom. The summed E-state index contributed by atoms with van der Waals surface area (Å²) in [6, 6.07) is 9.86. The van der Waals surface area contributed by atoms with Crippen LogP contribution in [0.1, 0.15) is 18.1 Å². The first-order chi connectivity index (χ1) is 15.1. The van der Waals surface area contributed by atoms with Crippen LogP contribution in [0.15, 0.2) is 57.8 Å². The molecule has 3 aliphatic rings. The number of anilines is 2. The molecule has 1 N–H and O–H groups in total. The van der Waals surface area contributed by atoms with Gasteiger partial charge in [-0.25, -0.2) is 9.98 Å². The molecule has 0 radical (unpaired) electrons. The predicted molar refractivity (Wildman–Crippen MR) is 141 cm³/mol. The van der Waals surface area contributed by atoms with E-state index >= 15 is 0 Å². The summed E-state index contributed by atoms with van der Waals surface area (Å²) in [5.74, 6) is 1.73. The number of ether oxygens (including phenoxy) is 1. The summed E-state index contributed by atoms with van der Waals surface area (Å²) in [4.78, 5) is 16.6. The molecule has 1 aromatic carbocycles. The van der Waals surface area contributed by atoms with Gasteiger partial charge in [0.2, 0.25) is 0 Å². The van der Waals surface area contributed by atoms with Gasteiger partial charge in [0.15, 0.2) is 5.84 Å². The third-order valence-electron chi connectivity index (χ3n) is 5.19. The molecule has 10 heteroatoms. The summed E-state index contributed by atoms with van der Waals surface area (Å²) in [7, 11) is 0. The van der Waals surface area contributed by atoms with Gasteiger partial charge in [-0.2, -0.15) is 0 Å². The van der Waals surface area contributed by atoms with E-state index in [1.165, 1.54) is 0 Å². The first-order valence-electron chi connectivity index (χ1n) is 9.67. The van der Waals surface area contributed by atoms with E-state index in [1.807, 2.05) is 30.5 Å². The number of rotatable bonds is 2. The molecule has 3 aliphatic heterocycles. The van der Waals surface area contributed by atoms with E-state index in [-0.39, 0.29) is 0 Å². The van der Waals surface area contributed by atoms with Crippen LogP contribution in [0.2, 0.25) is 5.02 Å². The van der Waals surface area contributed by atoms with E-state index in [2.05, 4.69) is 65.4 Å². The Morgan fingerprint density at radius 3 is 2.65 bits per heavy atom. The second-order valence-corrected chi connectivity index (χ2v) is 23.8. The molecule has 2 aromatic rings. The molecule has 164 valence electrons. The van der Waals surface area contributed by atoms with Gasteiger partial charge in [0.1, 0.15) is 11.5 Å². The van der Waals surface area contributed by atoms with Gasteiger partial charge in [-0.1, -0.05) is 29.8 Å². The molecule has 31 heavy (non-hydrogen) atoms. The number of morpholine rings is 1. The summed E-state index contributed by atoms with van der Waals surface area (Å²) >= 11 is 11.8. The fourth-order valence-electron chi connectivity index (χ4n) is 3.66. The van der Waals surface area contributed by atoms with Gasteiger partial charge >= 0.3 is 50.5 Å². The van der Waals surface area contributed by atoms with Crippen LogP contribution in [0.25, 0.3) is 0 Å². The van der Waals surface area contributed by atoms with Crippen LogP contribution in [0.3, 0.4) is 0 Å². The van der Waals surface area contributed by atoms with Crippen LogP contribution < -0.4 is 23.5 Å². The Bertz CT molecular complexity index is 1070. The van der Waals surface area contributed by atoms with E-state index in [0.717, 1.165) is 71.8 Å². The Morgan fingerprint density at radius 2 is 1.90 bits per heavy atom. The van der Waals surface area contributed by atoms with Crippen molar-refractivity contribution >= 4 is 71.9 Å². The Labute approximate surface area is 216 Å². The van der Waals surface area contributed by atoms with E-state index in [4.69, 9.17) is 26.3 Å². The molecule has 4 heterocycles. The zero-order chi connectivity index (χ0) is 21.8. The predicted octanol–water partition coefficient (Wildman–Crippen LogP) is 2.30. The zero-order valence-corrected chi connectivity index (χ0v) is 23.9. The van der Waals surface area contributed by atoms with Crippen molar-refractivity contribution in [2.75, 3.05) is 43.1 Å². The summed E-state index contributed by atoms with van der Waals surface area (Å²) in [6.45, 7) is 5.84. The van der Waals surface area contributed by atoms with Crippen LogP contribution in [0, 0.1) is 0 Å². The molecular weight excluding hydrogens is 754 g/mol. The molecule has 1 fully saturated rings. The maximum absolute atomic E-state index is 6.52. The molecule has 0 spiro atoms. The Balaban J connectivity index is 0.000000730. The van der Waals surface area contributed by atoms with E-state index < -0.39 is 0 Å². The molecule has 0 aliphatic carbocycles. The van der Waals surface area contributed by atoms with Crippen LogP contribution >= 0.6 is 48.8 Å². The van der Waals surface area contributed by atoms with Crippen molar-refractivity contribution in [3.8, 4) is 0 Å². The average Bonchev–Trinajstić information content (AvgIpc) is 3.03. The van der Waals surface area contributed by atoms with Gasteiger partial charge in [-0.15, -0.1) is 0 Å². The molecule has 1 saturated heterocycles. The molecule has 5 rings (SSSR count). The van der Waals surface area contributed by atoms with E-state index in [9.17, 15) is 0 Å². The van der Waals surface area contributed by atoms with E-state index in [1.54, 1.807) is 0 Å². The number of benzene rings is 1. The standard InChI is InChI=1S/C21H20ClN5O.I3/c1-13-11-24-21-19(13)26-20(14-4-2-3-5-16(14)22)15-12-23-18(10-17(15)25-21)27-6-8-28-9-7-27;1-3-2/h2-5,10,12H,6-9,11H2,1H3,(H,24,25);/q;-1. The van der Waals surface area contributed by atoms with Crippen LogP contribution in [-0.2, 0) is 4.74 Å². The van der Waals surface area contributed by atoms with Crippen molar-refractivity contribution in [2.24, 2.45) is 9.98 Å². The molecular formula is C21H20ClI3N5O-. The number of halogens is 4. The number of fused-ring (bicyclic) bond motifs is 2. The van der Waals surface area contributed by atoms with Crippen molar-refractivity contribution in [3.63, 3.8) is 0 Å². The number of aromatic nitrogens is 1. The van der Waals surface area contributed by atoms with Crippen molar-refractivity contribution in [2.45, 2.75) is 6.92 Å². The summed E-state index contributed by atoms with van der Waals surface area (Å²) < 4.78 is 5.47. The van der Waals surface area contributed by atoms with Crippen LogP contribution in [0.4, 0.5) is 11.5 Å². The topological polar surface area (TPSA) is 62.1 Å². The number of pyridine rings is 1. The Hall–Kier alpha value is -0.510. The fraction of sp³-hybridized carbons (Fsp3) is 0.286. The first-order valence-corrected chi connectivity index (χ1v) is 22.6. The Kier molecular flexibility index (Phi) is 8.45. The number of amidine groups is 1. The fourth-order valence-corrected chi connectivity index (χ4v) is 3.88. The second-order valence-electron chi connectivity index (χ2n) is 7.10. The molecule has 6 nitrogen and oxygen atoms in total. The van der Waals surface area contributed by atoms with Crippen LogP contribution in [0.5, 0.6) is 0 Å². The number of nitrogens with zero attached hydrogens (tertiary/aromatic N) is 4. The summed E-state index contributed by atoms with van der Waals surface area (Å²) in [6.07, 6.45) is 1.88. The molecule has 0 atom stereocenters. The second kappa shape index (κ2) is 11.1. The van der Waals surface area contributed by atoms with E-state index in [0.29, 0.717) is 24.8 Å². The van der Waals surface area contributed by atoms with Crippen molar-refractivity contribution in [3.05, 3.63) is 63.9 Å². The number of hydrogen-bond donors (Lipinski definition) is 1. The number of hydrogen-bond acceptors (Lipinski definition) is 6. The third kappa shape index (κ3) is 5.36. The summed E-state index contributed by atoms with van der Waals surface area (Å²) in [5.41, 5.74) is 5.60. The minimum absolute atomic E-state index is 0.530. The monoisotopic (exact) mass is 774 g/mol. The van der Waals surface area contributed by atoms with Crippen molar-refractivity contribution in [1.29, 1.82) is 0 Å². The van der Waals surface area contributed by atoms with Gasteiger partial charge in [-0.05, 0) is 18.6 Å². The summed E-state index contributed by atoms with van der Waals surface area (Å²) in [5, 5.41) is 4.15. The van der Waals surface area contributed by atoms with Crippen molar-refractivity contribution in [1.82, 2.24) is 4.98 Å². The SMILES string of the molecule is CC1=C2N=C(c3ccccc3Cl)c3cnc(N4CCOCC4)cc3NC2=NC1.I[I-]I. The minimum atomic E-state index is 0.530.